The van der Waals surface area contributed by atoms with Crippen molar-refractivity contribution >= 4 is 17.9 Å². The van der Waals surface area contributed by atoms with Gasteiger partial charge < -0.3 is 58.7 Å². The van der Waals surface area contributed by atoms with Gasteiger partial charge in [0.15, 0.2) is 12.6 Å². The molecule has 15 nitrogen and oxygen atoms in total. The third-order valence-electron chi connectivity index (χ3n) is 8.96. The van der Waals surface area contributed by atoms with E-state index < -0.39 is 92.7 Å². The van der Waals surface area contributed by atoms with Gasteiger partial charge >= 0.3 is 17.9 Å². The number of ether oxygens (including phenoxy) is 7. The van der Waals surface area contributed by atoms with Gasteiger partial charge in [0, 0.05) is 18.6 Å². The highest BCUT2D eigenvalue weighted by atomic mass is 16.8. The molecule has 2 aliphatic heterocycles. The normalized spacial score (nSPS) is 29.7. The van der Waals surface area contributed by atoms with E-state index >= 15 is 0 Å². The number of unbranched alkanes of at least 4 members (excludes halogenated alkanes) is 9. The second-order valence-electron chi connectivity index (χ2n) is 13.1. The maximum Gasteiger partial charge on any atom is 0.330 e. The molecule has 0 unspecified atom stereocenters. The van der Waals surface area contributed by atoms with Gasteiger partial charge in [0.1, 0.15) is 62.0 Å². The van der Waals surface area contributed by atoms with Crippen molar-refractivity contribution in [2.24, 2.45) is 0 Å². The quantitative estimate of drug-likeness (QED) is 0.0298. The summed E-state index contributed by atoms with van der Waals surface area (Å²) in [5.74, 6) is -1.72. The van der Waals surface area contributed by atoms with Crippen LogP contribution in [0.25, 0.3) is 0 Å². The zero-order chi connectivity index (χ0) is 38.5. The highest BCUT2D eigenvalue weighted by Gasteiger charge is 2.51. The first-order valence-electron chi connectivity index (χ1n) is 18.3. The minimum absolute atomic E-state index is 0.150. The maximum atomic E-state index is 11.7. The van der Waals surface area contributed by atoms with Crippen LogP contribution in [0.1, 0.15) is 90.4 Å². The first kappa shape index (κ1) is 45.4. The summed E-state index contributed by atoms with van der Waals surface area (Å²) in [6.45, 7) is 7.49. The first-order valence-corrected chi connectivity index (χ1v) is 18.3. The van der Waals surface area contributed by atoms with Crippen molar-refractivity contribution in [3.63, 3.8) is 0 Å². The summed E-state index contributed by atoms with van der Waals surface area (Å²) in [4.78, 5) is 34.3. The first-order chi connectivity index (χ1) is 24.9. The minimum atomic E-state index is -1.81. The van der Waals surface area contributed by atoms with Gasteiger partial charge in [-0.1, -0.05) is 63.8 Å². The Labute approximate surface area is 306 Å². The molecule has 52 heavy (non-hydrogen) atoms. The number of esters is 3. The largest absolute Gasteiger partial charge is 0.469 e. The molecule has 2 rings (SSSR count). The van der Waals surface area contributed by atoms with E-state index in [1.165, 1.54) is 7.11 Å². The lowest BCUT2D eigenvalue weighted by molar-refractivity contribution is -0.371. The van der Waals surface area contributed by atoms with Crippen LogP contribution in [0.3, 0.4) is 0 Å². The second-order valence-corrected chi connectivity index (χ2v) is 13.1. The molecule has 0 aromatic carbocycles. The standard InChI is InChI=1S/C37H60O15/c1-5-27(38)47-22-25-30(41)32(43)34(45)36(50-25)52-35-33(44)31(42)26(23-48-28(39)6-2)51-37(35)49-24(3)20-18-16-14-12-10-8-7-9-11-13-15-17-19-21-29(40)46-4/h5-8,24-26,30-37,41-45H,1-2,9-23H2,3-4H3/b8-7-/t24-,25-,26-,30-,31-,32+,33+,34-,35-,36+,37-/m1/s1. The summed E-state index contributed by atoms with van der Waals surface area (Å²) in [7, 11) is 1.41. The molecule has 0 bridgehead atoms. The van der Waals surface area contributed by atoms with Crippen molar-refractivity contribution in [1.82, 2.24) is 0 Å². The topological polar surface area (TPSA) is 217 Å². The molecule has 11 atom stereocenters. The van der Waals surface area contributed by atoms with E-state index in [1.807, 2.05) is 6.92 Å². The van der Waals surface area contributed by atoms with Gasteiger partial charge in [0.2, 0.25) is 0 Å². The Bertz CT molecular complexity index is 1100. The van der Waals surface area contributed by atoms with Gasteiger partial charge in [-0.05, 0) is 45.4 Å². The zero-order valence-electron chi connectivity index (χ0n) is 30.5. The van der Waals surface area contributed by atoms with Gasteiger partial charge in [-0.2, -0.15) is 0 Å². The third kappa shape index (κ3) is 16.1. The van der Waals surface area contributed by atoms with Gasteiger partial charge in [0.05, 0.1) is 13.2 Å². The van der Waals surface area contributed by atoms with Crippen LogP contribution in [0.4, 0.5) is 0 Å². The molecule has 0 radical (unpaired) electrons. The monoisotopic (exact) mass is 744 g/mol. The predicted molar refractivity (Wildman–Crippen MR) is 186 cm³/mol. The number of hydrogen-bond donors (Lipinski definition) is 5. The number of carbonyl (C=O) groups is 3. The van der Waals surface area contributed by atoms with Gasteiger partial charge in [-0.25, -0.2) is 9.59 Å². The molecule has 15 heteroatoms. The summed E-state index contributed by atoms with van der Waals surface area (Å²) in [5, 5.41) is 53.4. The van der Waals surface area contributed by atoms with Crippen LogP contribution in [-0.2, 0) is 47.5 Å². The number of aliphatic hydroxyl groups is 5. The number of hydrogen-bond acceptors (Lipinski definition) is 15. The lowest BCUT2D eigenvalue weighted by Gasteiger charge is -2.46. The second kappa shape index (κ2) is 25.3. The Kier molecular flexibility index (Phi) is 22.1. The van der Waals surface area contributed by atoms with Gasteiger partial charge in [0.25, 0.3) is 0 Å². The van der Waals surface area contributed by atoms with Crippen LogP contribution >= 0.6 is 0 Å². The molecule has 0 aliphatic carbocycles. The lowest BCUT2D eigenvalue weighted by atomic mass is 9.97. The van der Waals surface area contributed by atoms with Crippen molar-refractivity contribution in [2.75, 3.05) is 20.3 Å². The van der Waals surface area contributed by atoms with E-state index in [0.717, 1.165) is 82.8 Å². The van der Waals surface area contributed by atoms with E-state index in [-0.39, 0.29) is 5.97 Å². The fraction of sp³-hybridized carbons (Fsp3) is 0.757. The third-order valence-corrected chi connectivity index (χ3v) is 8.96. The fourth-order valence-corrected chi connectivity index (χ4v) is 5.81. The van der Waals surface area contributed by atoms with Crippen LogP contribution in [0.2, 0.25) is 0 Å². The summed E-state index contributed by atoms with van der Waals surface area (Å²) < 4.78 is 38.1. The van der Waals surface area contributed by atoms with Crippen molar-refractivity contribution in [1.29, 1.82) is 0 Å². The Morgan fingerprint density at radius 3 is 1.73 bits per heavy atom. The molecule has 2 heterocycles. The van der Waals surface area contributed by atoms with E-state index in [1.54, 1.807) is 0 Å². The number of rotatable bonds is 25. The molecular formula is C37H60O15. The number of methoxy groups -OCH3 is 1. The zero-order valence-corrected chi connectivity index (χ0v) is 30.5. The van der Waals surface area contributed by atoms with Crippen molar-refractivity contribution in [3.8, 4) is 0 Å². The van der Waals surface area contributed by atoms with Gasteiger partial charge in [-0.15, -0.1) is 0 Å². The molecule has 2 aliphatic rings. The maximum absolute atomic E-state index is 11.7. The smallest absolute Gasteiger partial charge is 0.330 e. The molecule has 2 saturated heterocycles. The summed E-state index contributed by atoms with van der Waals surface area (Å²) in [5.41, 5.74) is 0. The Morgan fingerprint density at radius 1 is 0.673 bits per heavy atom. The van der Waals surface area contributed by atoms with E-state index in [9.17, 15) is 39.9 Å². The van der Waals surface area contributed by atoms with Crippen LogP contribution in [0.15, 0.2) is 37.5 Å². The average molecular weight is 745 g/mol. The highest BCUT2D eigenvalue weighted by molar-refractivity contribution is 5.81. The van der Waals surface area contributed by atoms with Gasteiger partial charge in [-0.3, -0.25) is 4.79 Å². The molecule has 0 aromatic heterocycles. The summed E-state index contributed by atoms with van der Waals surface area (Å²) in [6, 6.07) is 0. The summed E-state index contributed by atoms with van der Waals surface area (Å²) in [6.07, 6.45) is 2.64. The van der Waals surface area contributed by atoms with Crippen molar-refractivity contribution < 1.29 is 73.1 Å². The number of allylic oxidation sites excluding steroid dienone is 2. The van der Waals surface area contributed by atoms with E-state index in [4.69, 9.17) is 28.4 Å². The minimum Gasteiger partial charge on any atom is -0.469 e. The molecule has 0 amide bonds. The van der Waals surface area contributed by atoms with Crippen LogP contribution < -0.4 is 0 Å². The lowest BCUT2D eigenvalue weighted by Crippen LogP contribution is -2.65. The molecular weight excluding hydrogens is 684 g/mol. The molecule has 298 valence electrons. The summed E-state index contributed by atoms with van der Waals surface area (Å²) >= 11 is 0. The van der Waals surface area contributed by atoms with Crippen LogP contribution in [0.5, 0.6) is 0 Å². The average Bonchev–Trinajstić information content (AvgIpc) is 3.14. The van der Waals surface area contributed by atoms with Crippen LogP contribution in [0, 0.1) is 0 Å². The molecule has 5 N–H and O–H groups in total. The Morgan fingerprint density at radius 2 is 1.17 bits per heavy atom. The van der Waals surface area contributed by atoms with E-state index in [2.05, 4.69) is 30.0 Å². The SMILES string of the molecule is C=CC(=O)OC[C@H]1O[C@@H](O[C@H]2[C@H](O[C@H](C)CCCCCC/C=C\CCCCCCCC(=O)OC)O[C@H](COC(=O)C=C)[C@@H](O)[C@@H]2O)[C@H](O)[C@@H](O)[C@@H]1O. The highest BCUT2D eigenvalue weighted by Crippen LogP contribution is 2.31. The number of aliphatic hydroxyl groups excluding tert-OH is 5. The molecule has 0 aromatic rings. The van der Waals surface area contributed by atoms with Crippen molar-refractivity contribution in [3.05, 3.63) is 37.5 Å². The Balaban J connectivity index is 1.87. The molecule has 0 spiro atoms. The van der Waals surface area contributed by atoms with E-state index in [0.29, 0.717) is 12.8 Å². The van der Waals surface area contributed by atoms with Crippen molar-refractivity contribution in [2.45, 2.75) is 158 Å². The molecule has 2 fully saturated rings. The number of carbonyl (C=O) groups excluding carboxylic acids is 3. The molecule has 0 saturated carbocycles. The van der Waals surface area contributed by atoms with Crippen LogP contribution in [-0.4, -0.2) is 131 Å². The fourth-order valence-electron chi connectivity index (χ4n) is 5.81. The predicted octanol–water partition coefficient (Wildman–Crippen LogP) is 2.29. The Hall–Kier alpha value is -2.73.